The molecule has 3 aromatic rings. The van der Waals surface area contributed by atoms with Gasteiger partial charge in [0.2, 0.25) is 11.7 Å². The van der Waals surface area contributed by atoms with Crippen LogP contribution >= 0.6 is 11.6 Å². The number of nitrogens with zero attached hydrogens (tertiary/aromatic N) is 4. The van der Waals surface area contributed by atoms with Crippen LogP contribution in [0.1, 0.15) is 44.7 Å². The van der Waals surface area contributed by atoms with Crippen molar-refractivity contribution in [1.82, 2.24) is 25.5 Å². The van der Waals surface area contributed by atoms with E-state index in [-0.39, 0.29) is 5.91 Å². The smallest absolute Gasteiger partial charge is 0.227 e. The minimum Gasteiger partial charge on any atom is -0.355 e. The maximum atomic E-state index is 12.7. The van der Waals surface area contributed by atoms with Gasteiger partial charge in [0.25, 0.3) is 0 Å². The third kappa shape index (κ3) is 5.45. The Balaban J connectivity index is 1.58. The van der Waals surface area contributed by atoms with Gasteiger partial charge in [0.15, 0.2) is 0 Å². The number of hydrogen-bond donors (Lipinski definition) is 1. The minimum absolute atomic E-state index is 0.0605. The lowest BCUT2D eigenvalue weighted by Crippen LogP contribution is -2.41. The number of tetrazole rings is 1. The molecule has 0 aliphatic rings. The summed E-state index contributed by atoms with van der Waals surface area (Å²) in [5.74, 6) is 0.967. The molecule has 1 heterocycles. The third-order valence-electron chi connectivity index (χ3n) is 5.08. The van der Waals surface area contributed by atoms with Crippen molar-refractivity contribution < 1.29 is 4.79 Å². The van der Waals surface area contributed by atoms with Crippen LogP contribution in [-0.4, -0.2) is 32.7 Å². The summed E-state index contributed by atoms with van der Waals surface area (Å²) in [4.78, 5) is 14.2. The van der Waals surface area contributed by atoms with Gasteiger partial charge in [0, 0.05) is 17.1 Å². The molecular formula is C23H28ClN5O. The van der Waals surface area contributed by atoms with Crippen molar-refractivity contribution in [2.45, 2.75) is 46.6 Å². The van der Waals surface area contributed by atoms with Crippen LogP contribution in [0.4, 0.5) is 0 Å². The van der Waals surface area contributed by atoms with Gasteiger partial charge >= 0.3 is 0 Å². The second-order valence-electron chi connectivity index (χ2n) is 8.40. The lowest BCUT2D eigenvalue weighted by molar-refractivity contribution is -0.130. The molecule has 0 aliphatic heterocycles. The fraction of sp³-hybridized carbons (Fsp3) is 0.391. The molecule has 0 saturated carbocycles. The van der Waals surface area contributed by atoms with Gasteiger partial charge in [-0.2, -0.15) is 4.80 Å². The Morgan fingerprint density at radius 2 is 1.83 bits per heavy atom. The molecule has 0 unspecified atom stereocenters. The zero-order valence-electron chi connectivity index (χ0n) is 17.9. The normalized spacial score (nSPS) is 11.7. The quantitative estimate of drug-likeness (QED) is 0.576. The van der Waals surface area contributed by atoms with Gasteiger partial charge in [-0.05, 0) is 48.6 Å². The van der Waals surface area contributed by atoms with Gasteiger partial charge < -0.3 is 5.32 Å². The maximum Gasteiger partial charge on any atom is 0.227 e. The molecule has 3 rings (SSSR count). The third-order valence-corrected chi connectivity index (χ3v) is 5.45. The van der Waals surface area contributed by atoms with E-state index in [1.54, 1.807) is 0 Å². The molecule has 158 valence electrons. The largest absolute Gasteiger partial charge is 0.355 e. The first-order chi connectivity index (χ1) is 14.3. The molecule has 0 spiro atoms. The predicted molar refractivity (Wildman–Crippen MR) is 119 cm³/mol. The van der Waals surface area contributed by atoms with Crippen LogP contribution in [0.2, 0.25) is 5.02 Å². The molecule has 7 heteroatoms. The molecule has 0 saturated heterocycles. The lowest BCUT2D eigenvalue weighted by atomic mass is 9.92. The maximum absolute atomic E-state index is 12.7. The average Bonchev–Trinajstić information content (AvgIpc) is 3.17. The van der Waals surface area contributed by atoms with E-state index >= 15 is 0 Å². The molecule has 0 fully saturated rings. The Bertz CT molecular complexity index is 995. The zero-order chi connectivity index (χ0) is 21.7. The SMILES string of the molecule is CC(C)c1ccc(-c2nnn(CC(C)(C)C(=O)NCCc3ccccc3Cl)n2)cc1. The molecule has 1 aromatic heterocycles. The van der Waals surface area contributed by atoms with Gasteiger partial charge in [-0.3, -0.25) is 4.79 Å². The summed E-state index contributed by atoms with van der Waals surface area (Å²) >= 11 is 6.17. The Morgan fingerprint density at radius 3 is 2.50 bits per heavy atom. The fourth-order valence-corrected chi connectivity index (χ4v) is 3.35. The molecule has 2 aromatic carbocycles. The van der Waals surface area contributed by atoms with E-state index in [1.165, 1.54) is 10.4 Å². The number of hydrogen-bond acceptors (Lipinski definition) is 4. The summed E-state index contributed by atoms with van der Waals surface area (Å²) in [6, 6.07) is 15.8. The zero-order valence-corrected chi connectivity index (χ0v) is 18.6. The highest BCUT2D eigenvalue weighted by molar-refractivity contribution is 6.31. The number of benzene rings is 2. The van der Waals surface area contributed by atoms with Gasteiger partial charge in [-0.25, -0.2) is 0 Å². The van der Waals surface area contributed by atoms with E-state index in [0.717, 1.165) is 11.1 Å². The summed E-state index contributed by atoms with van der Waals surface area (Å²) in [6.07, 6.45) is 0.680. The second kappa shape index (κ2) is 9.39. The number of amides is 1. The number of nitrogens with one attached hydrogen (secondary N) is 1. The highest BCUT2D eigenvalue weighted by atomic mass is 35.5. The molecule has 1 N–H and O–H groups in total. The van der Waals surface area contributed by atoms with Crippen LogP contribution in [0.15, 0.2) is 48.5 Å². The first-order valence-corrected chi connectivity index (χ1v) is 10.5. The standard InChI is InChI=1S/C23H28ClN5O/c1-16(2)17-9-11-19(12-10-17)21-26-28-29(27-21)15-23(3,4)22(30)25-14-13-18-7-5-6-8-20(18)24/h5-12,16H,13-15H2,1-4H3,(H,25,30). The number of aromatic nitrogens is 4. The summed E-state index contributed by atoms with van der Waals surface area (Å²) in [5, 5.41) is 16.4. The molecule has 0 bridgehead atoms. The minimum atomic E-state index is -0.681. The average molecular weight is 426 g/mol. The molecule has 30 heavy (non-hydrogen) atoms. The van der Waals surface area contributed by atoms with E-state index in [2.05, 4.69) is 46.7 Å². The van der Waals surface area contributed by atoms with Crippen molar-refractivity contribution in [3.05, 3.63) is 64.7 Å². The Hall–Kier alpha value is -2.73. The summed E-state index contributed by atoms with van der Waals surface area (Å²) in [6.45, 7) is 8.92. The number of carbonyl (C=O) groups is 1. The number of carbonyl (C=O) groups excluding carboxylic acids is 1. The van der Waals surface area contributed by atoms with Gasteiger partial charge in [0.05, 0.1) is 12.0 Å². The van der Waals surface area contributed by atoms with Crippen LogP contribution in [0.3, 0.4) is 0 Å². The molecular weight excluding hydrogens is 398 g/mol. The van der Waals surface area contributed by atoms with Gasteiger partial charge in [-0.15, -0.1) is 10.2 Å². The fourth-order valence-electron chi connectivity index (χ4n) is 3.12. The molecule has 6 nitrogen and oxygen atoms in total. The van der Waals surface area contributed by atoms with Crippen LogP contribution in [0.5, 0.6) is 0 Å². The molecule has 0 atom stereocenters. The van der Waals surface area contributed by atoms with Gasteiger partial charge in [-0.1, -0.05) is 67.9 Å². The number of rotatable bonds is 8. The topological polar surface area (TPSA) is 72.7 Å². The first-order valence-electron chi connectivity index (χ1n) is 10.2. The highest BCUT2D eigenvalue weighted by Crippen LogP contribution is 2.21. The first kappa shape index (κ1) is 22.0. The second-order valence-corrected chi connectivity index (χ2v) is 8.81. The van der Waals surface area contributed by atoms with E-state index in [0.29, 0.717) is 36.3 Å². The Kier molecular flexibility index (Phi) is 6.87. The molecule has 1 amide bonds. The van der Waals surface area contributed by atoms with Crippen molar-refractivity contribution in [2.75, 3.05) is 6.54 Å². The van der Waals surface area contributed by atoms with E-state index in [1.807, 2.05) is 50.2 Å². The van der Waals surface area contributed by atoms with Crippen molar-refractivity contribution >= 4 is 17.5 Å². The number of halogens is 1. The van der Waals surface area contributed by atoms with Crippen molar-refractivity contribution in [2.24, 2.45) is 5.41 Å². The monoisotopic (exact) mass is 425 g/mol. The van der Waals surface area contributed by atoms with Crippen LogP contribution in [0.25, 0.3) is 11.4 Å². The Labute approximate surface area is 182 Å². The van der Waals surface area contributed by atoms with Gasteiger partial charge in [0.1, 0.15) is 0 Å². The molecule has 0 aliphatic carbocycles. The van der Waals surface area contributed by atoms with Crippen LogP contribution < -0.4 is 5.32 Å². The highest BCUT2D eigenvalue weighted by Gasteiger charge is 2.29. The summed E-state index contributed by atoms with van der Waals surface area (Å²) < 4.78 is 0. The van der Waals surface area contributed by atoms with Crippen LogP contribution in [-0.2, 0) is 17.8 Å². The van der Waals surface area contributed by atoms with Crippen molar-refractivity contribution in [3.8, 4) is 11.4 Å². The summed E-state index contributed by atoms with van der Waals surface area (Å²) in [5.41, 5.74) is 2.51. The van der Waals surface area contributed by atoms with Crippen molar-refractivity contribution in [3.63, 3.8) is 0 Å². The van der Waals surface area contributed by atoms with Crippen molar-refractivity contribution in [1.29, 1.82) is 0 Å². The summed E-state index contributed by atoms with van der Waals surface area (Å²) in [7, 11) is 0. The van der Waals surface area contributed by atoms with E-state index in [4.69, 9.17) is 11.6 Å². The predicted octanol–water partition coefficient (Wildman–Crippen LogP) is 4.50. The van der Waals surface area contributed by atoms with Crippen LogP contribution in [0, 0.1) is 5.41 Å². The molecule has 0 radical (unpaired) electrons. The van der Waals surface area contributed by atoms with E-state index in [9.17, 15) is 4.79 Å². The van der Waals surface area contributed by atoms with E-state index < -0.39 is 5.41 Å². The lowest BCUT2D eigenvalue weighted by Gasteiger charge is -2.22. The Morgan fingerprint density at radius 1 is 1.13 bits per heavy atom.